The fraction of sp³-hybridized carbons (Fsp3) is 0.562. The zero-order valence-corrected chi connectivity index (χ0v) is 14.2. The Morgan fingerprint density at radius 3 is 2.86 bits per heavy atom. The van der Waals surface area contributed by atoms with Gasteiger partial charge in [0.15, 0.2) is 0 Å². The average molecular weight is 354 g/mol. The quantitative estimate of drug-likeness (QED) is 0.632. The number of nitrogens with one attached hydrogen (secondary N) is 1. The summed E-state index contributed by atoms with van der Waals surface area (Å²) in [5, 5.41) is 2.96. The van der Waals surface area contributed by atoms with E-state index in [1.54, 1.807) is 18.2 Å². The minimum Gasteiger partial charge on any atom is -0.399 e. The van der Waals surface area contributed by atoms with E-state index in [-0.39, 0.29) is 5.91 Å². The molecule has 1 aliphatic rings. The van der Waals surface area contributed by atoms with E-state index in [9.17, 15) is 4.79 Å². The van der Waals surface area contributed by atoms with Gasteiger partial charge in [-0.25, -0.2) is 0 Å². The Morgan fingerprint density at radius 1 is 1.43 bits per heavy atom. The number of amides is 1. The molecule has 0 unspecified atom stereocenters. The van der Waals surface area contributed by atoms with Crippen LogP contribution < -0.4 is 11.1 Å². The van der Waals surface area contributed by atoms with Crippen LogP contribution in [0, 0.1) is 5.92 Å². The fourth-order valence-electron chi connectivity index (χ4n) is 2.60. The highest BCUT2D eigenvalue weighted by molar-refractivity contribution is 9.10. The molecule has 1 heterocycles. The Labute approximate surface area is 135 Å². The second kappa shape index (κ2) is 7.80. The lowest BCUT2D eigenvalue weighted by Gasteiger charge is -2.30. The van der Waals surface area contributed by atoms with Gasteiger partial charge in [0.25, 0.3) is 5.91 Å². The van der Waals surface area contributed by atoms with Crippen LogP contribution in [0.15, 0.2) is 22.7 Å². The number of hydrogen-bond acceptors (Lipinski definition) is 3. The highest BCUT2D eigenvalue weighted by Crippen LogP contribution is 2.19. The molecular weight excluding hydrogens is 330 g/mol. The van der Waals surface area contributed by atoms with Gasteiger partial charge >= 0.3 is 0 Å². The average Bonchev–Trinajstić information content (AvgIpc) is 2.47. The number of carbonyl (C=O) groups is 1. The molecule has 4 nitrogen and oxygen atoms in total. The van der Waals surface area contributed by atoms with Crippen LogP contribution in [0.3, 0.4) is 0 Å². The molecule has 1 aliphatic heterocycles. The van der Waals surface area contributed by atoms with Crippen LogP contribution >= 0.6 is 15.9 Å². The van der Waals surface area contributed by atoms with Crippen molar-refractivity contribution in [2.24, 2.45) is 5.92 Å². The molecular formula is C16H24BrN3O. The van der Waals surface area contributed by atoms with Crippen LogP contribution in [0.5, 0.6) is 0 Å². The van der Waals surface area contributed by atoms with Crippen LogP contribution in [0.4, 0.5) is 5.69 Å². The number of nitrogens with zero attached hydrogens (tertiary/aromatic N) is 1. The molecule has 0 atom stereocenters. The van der Waals surface area contributed by atoms with E-state index in [2.05, 4.69) is 33.1 Å². The third kappa shape index (κ3) is 5.00. The van der Waals surface area contributed by atoms with Gasteiger partial charge in [-0.1, -0.05) is 6.92 Å². The number of benzene rings is 1. The topological polar surface area (TPSA) is 58.4 Å². The highest BCUT2D eigenvalue weighted by atomic mass is 79.9. The third-order valence-electron chi connectivity index (χ3n) is 4.05. The Bertz CT molecular complexity index is 484. The van der Waals surface area contributed by atoms with E-state index in [0.29, 0.717) is 17.8 Å². The largest absolute Gasteiger partial charge is 0.399 e. The number of halogens is 1. The lowest BCUT2D eigenvalue weighted by Crippen LogP contribution is -2.35. The van der Waals surface area contributed by atoms with Crippen LogP contribution in [0.2, 0.25) is 0 Å². The Balaban J connectivity index is 1.71. The Kier molecular flexibility index (Phi) is 6.06. The minimum atomic E-state index is -0.0681. The maximum Gasteiger partial charge on any atom is 0.252 e. The molecule has 0 bridgehead atoms. The first-order valence-electron chi connectivity index (χ1n) is 7.62. The number of likely N-dealkylation sites (tertiary alicyclic amines) is 1. The number of nitrogens with two attached hydrogens (primary N) is 1. The van der Waals surface area contributed by atoms with Crippen molar-refractivity contribution in [3.63, 3.8) is 0 Å². The summed E-state index contributed by atoms with van der Waals surface area (Å²) in [6.07, 6.45) is 3.57. The van der Waals surface area contributed by atoms with Crippen molar-refractivity contribution < 1.29 is 4.79 Å². The third-order valence-corrected chi connectivity index (χ3v) is 4.74. The van der Waals surface area contributed by atoms with Gasteiger partial charge in [0.05, 0.1) is 5.56 Å². The summed E-state index contributed by atoms with van der Waals surface area (Å²) in [6, 6.07) is 5.28. The number of anilines is 1. The molecule has 2 rings (SSSR count). The van der Waals surface area contributed by atoms with Crippen LogP contribution in [-0.4, -0.2) is 37.0 Å². The van der Waals surface area contributed by atoms with Gasteiger partial charge in [-0.2, -0.15) is 0 Å². The van der Waals surface area contributed by atoms with Gasteiger partial charge in [0.2, 0.25) is 0 Å². The number of nitrogen functional groups attached to an aromatic ring is 1. The molecule has 1 aromatic carbocycles. The summed E-state index contributed by atoms with van der Waals surface area (Å²) in [4.78, 5) is 14.6. The fourth-order valence-corrected chi connectivity index (χ4v) is 3.03. The maximum atomic E-state index is 12.1. The van der Waals surface area contributed by atoms with Gasteiger partial charge < -0.3 is 16.0 Å². The number of piperidine rings is 1. The maximum absolute atomic E-state index is 12.1. The molecule has 1 amide bonds. The van der Waals surface area contributed by atoms with Crippen LogP contribution in [0.1, 0.15) is 36.5 Å². The number of carbonyl (C=O) groups excluding carboxylic acids is 1. The summed E-state index contributed by atoms with van der Waals surface area (Å²) in [7, 11) is 0. The first kappa shape index (κ1) is 16.3. The van der Waals surface area contributed by atoms with E-state index < -0.39 is 0 Å². The Hall–Kier alpha value is -1.07. The second-order valence-electron chi connectivity index (χ2n) is 5.87. The molecule has 1 fully saturated rings. The molecule has 0 spiro atoms. The van der Waals surface area contributed by atoms with Crippen molar-refractivity contribution in [3.8, 4) is 0 Å². The smallest absolute Gasteiger partial charge is 0.252 e. The van der Waals surface area contributed by atoms with Crippen LogP contribution in [-0.2, 0) is 0 Å². The molecule has 0 aliphatic carbocycles. The molecule has 0 saturated carbocycles. The predicted molar refractivity (Wildman–Crippen MR) is 90.3 cm³/mol. The van der Waals surface area contributed by atoms with Crippen molar-refractivity contribution in [1.29, 1.82) is 0 Å². The summed E-state index contributed by atoms with van der Waals surface area (Å²) < 4.78 is 0.777. The molecule has 0 radical (unpaired) electrons. The standard InChI is InChI=1S/C16H24BrN3O/c1-12-5-9-20(10-6-12)8-2-7-19-16(21)14-11-13(18)3-4-15(14)17/h3-4,11-12H,2,5-10,18H2,1H3,(H,19,21). The molecule has 21 heavy (non-hydrogen) atoms. The molecule has 3 N–H and O–H groups in total. The highest BCUT2D eigenvalue weighted by Gasteiger charge is 2.15. The van der Waals surface area contributed by atoms with Crippen molar-refractivity contribution in [3.05, 3.63) is 28.2 Å². The van der Waals surface area contributed by atoms with E-state index in [1.165, 1.54) is 25.9 Å². The second-order valence-corrected chi connectivity index (χ2v) is 6.73. The van der Waals surface area contributed by atoms with Crippen molar-refractivity contribution in [2.45, 2.75) is 26.2 Å². The SMILES string of the molecule is CC1CCN(CCCNC(=O)c2cc(N)ccc2Br)CC1. The van der Waals surface area contributed by atoms with Crippen LogP contribution in [0.25, 0.3) is 0 Å². The zero-order valence-electron chi connectivity index (χ0n) is 12.6. The lowest BCUT2D eigenvalue weighted by atomic mass is 9.99. The molecule has 1 saturated heterocycles. The monoisotopic (exact) mass is 353 g/mol. The molecule has 5 heteroatoms. The first-order chi connectivity index (χ1) is 10.1. The number of hydrogen-bond donors (Lipinski definition) is 2. The van der Waals surface area contributed by atoms with Gasteiger partial charge in [-0.3, -0.25) is 4.79 Å². The van der Waals surface area contributed by atoms with Gasteiger partial charge in [-0.05, 0) is 78.9 Å². The van der Waals surface area contributed by atoms with Crippen molar-refractivity contribution in [2.75, 3.05) is 31.9 Å². The number of rotatable bonds is 5. The lowest BCUT2D eigenvalue weighted by molar-refractivity contribution is 0.0950. The molecule has 1 aromatic rings. The van der Waals surface area contributed by atoms with Gasteiger partial charge in [-0.15, -0.1) is 0 Å². The van der Waals surface area contributed by atoms with E-state index >= 15 is 0 Å². The van der Waals surface area contributed by atoms with E-state index in [0.717, 1.165) is 23.4 Å². The molecule has 116 valence electrons. The van der Waals surface area contributed by atoms with E-state index in [4.69, 9.17) is 5.73 Å². The summed E-state index contributed by atoms with van der Waals surface area (Å²) in [5.74, 6) is 0.795. The van der Waals surface area contributed by atoms with Gasteiger partial charge in [0.1, 0.15) is 0 Å². The predicted octanol–water partition coefficient (Wildman–Crippen LogP) is 2.88. The van der Waals surface area contributed by atoms with Crippen molar-refractivity contribution >= 4 is 27.5 Å². The van der Waals surface area contributed by atoms with E-state index in [1.807, 2.05) is 0 Å². The van der Waals surface area contributed by atoms with Crippen molar-refractivity contribution in [1.82, 2.24) is 10.2 Å². The Morgan fingerprint density at radius 2 is 2.14 bits per heavy atom. The molecule has 0 aromatic heterocycles. The summed E-state index contributed by atoms with van der Waals surface area (Å²) in [6.45, 7) is 6.46. The normalized spacial score (nSPS) is 16.9. The summed E-state index contributed by atoms with van der Waals surface area (Å²) >= 11 is 3.38. The zero-order chi connectivity index (χ0) is 15.2. The first-order valence-corrected chi connectivity index (χ1v) is 8.41. The minimum absolute atomic E-state index is 0.0681. The summed E-state index contributed by atoms with van der Waals surface area (Å²) in [5.41, 5.74) is 6.92. The van der Waals surface area contributed by atoms with Gasteiger partial charge in [0, 0.05) is 16.7 Å².